The lowest BCUT2D eigenvalue weighted by Gasteiger charge is -2.38. The third-order valence-electron chi connectivity index (χ3n) is 6.66. The Kier molecular flexibility index (Phi) is 8.65. The third-order valence-corrected chi connectivity index (χ3v) is 8.06. The van der Waals surface area contributed by atoms with E-state index < -0.39 is 16.1 Å². The Labute approximate surface area is 224 Å². The second-order valence-corrected chi connectivity index (χ2v) is 11.5. The van der Waals surface area contributed by atoms with Crippen LogP contribution in [0.15, 0.2) is 78.0 Å². The molecular weight excluding hydrogens is 504 g/mol. The van der Waals surface area contributed by atoms with Crippen molar-refractivity contribution in [1.29, 1.82) is 0 Å². The highest BCUT2D eigenvalue weighted by molar-refractivity contribution is 7.92. The maximum absolute atomic E-state index is 13.6. The minimum atomic E-state index is -3.84. The molecule has 1 aliphatic heterocycles. The van der Waals surface area contributed by atoms with Crippen molar-refractivity contribution in [1.82, 2.24) is 14.8 Å². The first-order valence-corrected chi connectivity index (χ1v) is 14.0. The van der Waals surface area contributed by atoms with Gasteiger partial charge in [-0.1, -0.05) is 25.1 Å². The monoisotopic (exact) mass is 538 g/mol. The van der Waals surface area contributed by atoms with Crippen LogP contribution < -0.4 is 9.46 Å². The largest absolute Gasteiger partial charge is 0.488 e. The maximum Gasteiger partial charge on any atom is 0.261 e. The molecule has 38 heavy (non-hydrogen) atoms. The van der Waals surface area contributed by atoms with Crippen LogP contribution in [-0.4, -0.2) is 73.1 Å². The Morgan fingerprint density at radius 2 is 1.87 bits per heavy atom. The first-order chi connectivity index (χ1) is 18.2. The molecule has 3 atom stereocenters. The van der Waals surface area contributed by atoms with Gasteiger partial charge in [0.1, 0.15) is 11.9 Å². The Morgan fingerprint density at radius 1 is 1.16 bits per heavy atom. The van der Waals surface area contributed by atoms with E-state index in [0.29, 0.717) is 25.4 Å². The summed E-state index contributed by atoms with van der Waals surface area (Å²) >= 11 is 0. The average molecular weight is 539 g/mol. The number of aliphatic hydroxyl groups excluding tert-OH is 1. The lowest BCUT2D eigenvalue weighted by molar-refractivity contribution is 0.0341. The van der Waals surface area contributed by atoms with E-state index in [1.165, 1.54) is 18.2 Å². The molecule has 0 bridgehead atoms. The lowest BCUT2D eigenvalue weighted by Crippen LogP contribution is -2.49. The molecule has 1 amide bonds. The number of aliphatic hydroxyl groups is 1. The third kappa shape index (κ3) is 6.50. The number of hydrogen-bond acceptors (Lipinski definition) is 7. The molecule has 0 spiro atoms. The van der Waals surface area contributed by atoms with Gasteiger partial charge in [0.2, 0.25) is 0 Å². The van der Waals surface area contributed by atoms with E-state index in [-0.39, 0.29) is 40.7 Å². The van der Waals surface area contributed by atoms with Crippen LogP contribution in [0.1, 0.15) is 29.8 Å². The molecule has 0 radical (unpaired) electrons. The number of nitrogens with one attached hydrogen (secondary N) is 1. The van der Waals surface area contributed by atoms with Crippen LogP contribution in [0.2, 0.25) is 0 Å². The number of hydrogen-bond donors (Lipinski definition) is 2. The zero-order valence-electron chi connectivity index (χ0n) is 21.8. The molecular formula is C28H34N4O5S. The zero-order valence-corrected chi connectivity index (χ0v) is 22.6. The van der Waals surface area contributed by atoms with E-state index in [1.54, 1.807) is 54.5 Å². The van der Waals surface area contributed by atoms with Crippen LogP contribution in [0.3, 0.4) is 0 Å². The van der Waals surface area contributed by atoms with Gasteiger partial charge in [-0.05, 0) is 62.0 Å². The van der Waals surface area contributed by atoms with Crippen molar-refractivity contribution in [3.8, 4) is 5.75 Å². The molecule has 202 valence electrons. The van der Waals surface area contributed by atoms with Gasteiger partial charge in [0.15, 0.2) is 0 Å². The molecule has 10 heteroatoms. The number of pyridine rings is 1. The normalized spacial score (nSPS) is 18.8. The number of nitrogens with zero attached hydrogens (tertiary/aromatic N) is 3. The fourth-order valence-corrected chi connectivity index (χ4v) is 5.56. The Hall–Kier alpha value is -3.47. The molecule has 0 unspecified atom stereocenters. The second-order valence-electron chi connectivity index (χ2n) is 9.80. The van der Waals surface area contributed by atoms with Crippen molar-refractivity contribution in [2.45, 2.75) is 37.4 Å². The van der Waals surface area contributed by atoms with Gasteiger partial charge in [-0.25, -0.2) is 8.42 Å². The number of rotatable bonds is 9. The number of ether oxygens (including phenoxy) is 1. The second kappa shape index (κ2) is 11.9. The summed E-state index contributed by atoms with van der Waals surface area (Å²) in [6.45, 7) is 5.32. The van der Waals surface area contributed by atoms with Crippen LogP contribution in [0.4, 0.5) is 5.69 Å². The maximum atomic E-state index is 13.6. The standard InChI is InChI=1S/C28H34N4O5S/c1-20-16-32(21(2)19-33)28(34)25-15-23(30-38(35,36)24-7-5-4-6-8-24)9-10-26(25)37-27(20)18-31(3)17-22-11-13-29-14-12-22/h4-15,20-21,27,30,33H,16-19H2,1-3H3/t20-,21-,27-/m1/s1. The number of sulfonamides is 1. The summed E-state index contributed by atoms with van der Waals surface area (Å²) in [5.41, 5.74) is 1.62. The summed E-state index contributed by atoms with van der Waals surface area (Å²) in [6.07, 6.45) is 3.27. The number of carbonyl (C=O) groups excluding carboxylic acids is 1. The molecule has 0 aliphatic carbocycles. The van der Waals surface area contributed by atoms with Gasteiger partial charge in [-0.2, -0.15) is 0 Å². The number of benzene rings is 2. The molecule has 1 aromatic heterocycles. The van der Waals surface area contributed by atoms with Crippen LogP contribution in [0.25, 0.3) is 0 Å². The number of carbonyl (C=O) groups is 1. The highest BCUT2D eigenvalue weighted by atomic mass is 32.2. The quantitative estimate of drug-likeness (QED) is 0.430. The predicted molar refractivity (Wildman–Crippen MR) is 145 cm³/mol. The highest BCUT2D eigenvalue weighted by Gasteiger charge is 2.33. The summed E-state index contributed by atoms with van der Waals surface area (Å²) in [7, 11) is -1.83. The van der Waals surface area contributed by atoms with Gasteiger partial charge < -0.3 is 14.7 Å². The van der Waals surface area contributed by atoms with E-state index in [2.05, 4.69) is 14.6 Å². The lowest BCUT2D eigenvalue weighted by atomic mass is 9.99. The van der Waals surface area contributed by atoms with Gasteiger partial charge in [0, 0.05) is 43.6 Å². The van der Waals surface area contributed by atoms with E-state index in [1.807, 2.05) is 26.1 Å². The van der Waals surface area contributed by atoms with Crippen molar-refractivity contribution in [3.63, 3.8) is 0 Å². The number of likely N-dealkylation sites (N-methyl/N-ethyl adjacent to an activating group) is 1. The fraction of sp³-hybridized carbons (Fsp3) is 0.357. The molecule has 2 aromatic carbocycles. The SMILES string of the molecule is C[C@@H]1CN([C@H](C)CO)C(=O)c2cc(NS(=O)(=O)c3ccccc3)ccc2O[C@@H]1CN(C)Cc1ccncc1. The van der Waals surface area contributed by atoms with Crippen LogP contribution in [0.5, 0.6) is 5.75 Å². The molecule has 0 saturated carbocycles. The van der Waals surface area contributed by atoms with Gasteiger partial charge in [0.05, 0.1) is 23.1 Å². The summed E-state index contributed by atoms with van der Waals surface area (Å²) in [6, 6.07) is 16.3. The number of anilines is 1. The van der Waals surface area contributed by atoms with E-state index in [4.69, 9.17) is 4.74 Å². The summed E-state index contributed by atoms with van der Waals surface area (Å²) < 4.78 is 34.7. The van der Waals surface area contributed by atoms with E-state index >= 15 is 0 Å². The first kappa shape index (κ1) is 27.6. The van der Waals surface area contributed by atoms with Crippen molar-refractivity contribution in [2.75, 3.05) is 31.5 Å². The van der Waals surface area contributed by atoms with Crippen molar-refractivity contribution < 1.29 is 23.1 Å². The number of amides is 1. The topological polar surface area (TPSA) is 112 Å². The molecule has 1 aliphatic rings. The summed E-state index contributed by atoms with van der Waals surface area (Å²) in [5, 5.41) is 9.88. The van der Waals surface area contributed by atoms with Crippen LogP contribution in [0, 0.1) is 5.92 Å². The number of fused-ring (bicyclic) bond motifs is 1. The predicted octanol–water partition coefficient (Wildman–Crippen LogP) is 3.23. The zero-order chi connectivity index (χ0) is 27.3. The molecule has 0 fully saturated rings. The molecule has 3 aromatic rings. The molecule has 9 nitrogen and oxygen atoms in total. The first-order valence-electron chi connectivity index (χ1n) is 12.6. The van der Waals surface area contributed by atoms with Gasteiger partial charge >= 0.3 is 0 Å². The van der Waals surface area contributed by atoms with Gasteiger partial charge in [0.25, 0.3) is 15.9 Å². The fourth-order valence-electron chi connectivity index (χ4n) is 4.49. The summed E-state index contributed by atoms with van der Waals surface area (Å²) in [4.78, 5) is 21.6. The van der Waals surface area contributed by atoms with E-state index in [9.17, 15) is 18.3 Å². The molecule has 0 saturated heterocycles. The molecule has 2 N–H and O–H groups in total. The van der Waals surface area contributed by atoms with Crippen molar-refractivity contribution >= 4 is 21.6 Å². The smallest absolute Gasteiger partial charge is 0.261 e. The highest BCUT2D eigenvalue weighted by Crippen LogP contribution is 2.31. The average Bonchev–Trinajstić information content (AvgIpc) is 2.91. The van der Waals surface area contributed by atoms with Crippen molar-refractivity contribution in [2.24, 2.45) is 5.92 Å². The van der Waals surface area contributed by atoms with Crippen molar-refractivity contribution in [3.05, 3.63) is 84.2 Å². The Bertz CT molecular complexity index is 1340. The summed E-state index contributed by atoms with van der Waals surface area (Å²) in [5.74, 6) is 0.0247. The Balaban J connectivity index is 1.63. The molecule has 2 heterocycles. The van der Waals surface area contributed by atoms with Gasteiger partial charge in [-0.15, -0.1) is 0 Å². The Morgan fingerprint density at radius 3 is 2.55 bits per heavy atom. The van der Waals surface area contributed by atoms with Crippen LogP contribution >= 0.6 is 0 Å². The van der Waals surface area contributed by atoms with Crippen LogP contribution in [-0.2, 0) is 16.6 Å². The number of aromatic nitrogens is 1. The van der Waals surface area contributed by atoms with Gasteiger partial charge in [-0.3, -0.25) is 19.4 Å². The minimum Gasteiger partial charge on any atom is -0.488 e. The minimum absolute atomic E-state index is 0.0303. The molecule has 4 rings (SSSR count). The van der Waals surface area contributed by atoms with E-state index in [0.717, 1.165) is 5.56 Å².